The molecule has 0 saturated heterocycles. The van der Waals surface area contributed by atoms with Crippen LogP contribution >= 0.6 is 0 Å². The van der Waals surface area contributed by atoms with Gasteiger partial charge < -0.3 is 4.98 Å². The highest BCUT2D eigenvalue weighted by atomic mass is 32.2. The van der Waals surface area contributed by atoms with Crippen LogP contribution in [0.4, 0.5) is 0 Å². The molecule has 0 radical (unpaired) electrons. The lowest BCUT2D eigenvalue weighted by molar-refractivity contribution is 0.596. The lowest BCUT2D eigenvalue weighted by Gasteiger charge is -2.00. The van der Waals surface area contributed by atoms with Gasteiger partial charge in [-0.1, -0.05) is 0 Å². The molecule has 66 valence electrons. The number of nitrogens with one attached hydrogen (secondary N) is 1. The predicted molar refractivity (Wildman–Crippen MR) is 43.2 cm³/mol. The molecule has 0 aromatic carbocycles. The minimum absolute atomic E-state index is 0.0536. The summed E-state index contributed by atoms with van der Waals surface area (Å²) < 4.78 is 21.6. The number of hydrogen-bond donors (Lipinski definition) is 2. The van der Waals surface area contributed by atoms with Crippen molar-refractivity contribution >= 4 is 10.0 Å². The lowest BCUT2D eigenvalue weighted by Crippen LogP contribution is -2.17. The Morgan fingerprint density at radius 1 is 1.42 bits per heavy atom. The van der Waals surface area contributed by atoms with E-state index in [1.54, 1.807) is 0 Å². The minimum Gasteiger partial charge on any atom is -0.325 e. The molecular weight excluding hydrogens is 180 g/mol. The van der Waals surface area contributed by atoms with Crippen LogP contribution in [-0.2, 0) is 10.0 Å². The second kappa shape index (κ2) is 2.72. The highest BCUT2D eigenvalue weighted by Gasteiger charge is 2.10. The van der Waals surface area contributed by atoms with Crippen LogP contribution in [0.3, 0.4) is 0 Å². The zero-order chi connectivity index (χ0) is 9.35. The van der Waals surface area contributed by atoms with Gasteiger partial charge in [0.1, 0.15) is 4.90 Å². The molecule has 1 heterocycles. The van der Waals surface area contributed by atoms with Crippen molar-refractivity contribution in [2.75, 3.05) is 0 Å². The summed E-state index contributed by atoms with van der Waals surface area (Å²) in [7, 11) is -3.72. The molecule has 0 amide bonds. The molecule has 1 aromatic heterocycles. The number of pyridine rings is 1. The number of sulfonamides is 1. The second-order valence-corrected chi connectivity index (χ2v) is 3.89. The first kappa shape index (κ1) is 8.95. The maximum atomic E-state index is 10.8. The molecule has 0 bridgehead atoms. The van der Waals surface area contributed by atoms with Crippen LogP contribution in [-0.4, -0.2) is 13.4 Å². The Kier molecular flexibility index (Phi) is 2.03. The SMILES string of the molecule is Cc1[nH]c(=O)ccc1S(N)(=O)=O. The van der Waals surface area contributed by atoms with E-state index in [0.717, 1.165) is 6.07 Å². The number of aromatic amines is 1. The first-order valence-electron chi connectivity index (χ1n) is 3.14. The predicted octanol–water partition coefficient (Wildman–Crippen LogP) is -0.669. The molecule has 5 nitrogen and oxygen atoms in total. The molecule has 1 rings (SSSR count). The van der Waals surface area contributed by atoms with Gasteiger partial charge in [0.2, 0.25) is 15.6 Å². The van der Waals surface area contributed by atoms with Crippen LogP contribution in [0.2, 0.25) is 0 Å². The van der Waals surface area contributed by atoms with Crippen molar-refractivity contribution in [1.82, 2.24) is 4.98 Å². The molecule has 12 heavy (non-hydrogen) atoms. The van der Waals surface area contributed by atoms with Gasteiger partial charge in [-0.2, -0.15) is 0 Å². The number of H-pyrrole nitrogens is 1. The molecule has 0 unspecified atom stereocenters. The number of aromatic nitrogens is 1. The van der Waals surface area contributed by atoms with E-state index in [0.29, 0.717) is 0 Å². The molecule has 0 spiro atoms. The van der Waals surface area contributed by atoms with Gasteiger partial charge in [-0.25, -0.2) is 13.6 Å². The Morgan fingerprint density at radius 3 is 2.42 bits per heavy atom. The third-order valence-corrected chi connectivity index (χ3v) is 2.43. The molecule has 0 atom stereocenters. The Morgan fingerprint density at radius 2 is 2.00 bits per heavy atom. The Bertz CT molecular complexity index is 446. The van der Waals surface area contributed by atoms with Gasteiger partial charge in [0, 0.05) is 11.8 Å². The van der Waals surface area contributed by atoms with Gasteiger partial charge in [-0.15, -0.1) is 0 Å². The second-order valence-electron chi connectivity index (χ2n) is 2.36. The summed E-state index contributed by atoms with van der Waals surface area (Å²) in [5.41, 5.74) is -0.0927. The van der Waals surface area contributed by atoms with Gasteiger partial charge >= 0.3 is 0 Å². The Hall–Kier alpha value is -1.14. The van der Waals surface area contributed by atoms with Crippen molar-refractivity contribution in [2.45, 2.75) is 11.8 Å². The van der Waals surface area contributed by atoms with Crippen molar-refractivity contribution in [2.24, 2.45) is 5.14 Å². The molecule has 0 fully saturated rings. The number of nitrogens with two attached hydrogens (primary N) is 1. The fraction of sp³-hybridized carbons (Fsp3) is 0.167. The van der Waals surface area contributed by atoms with Crippen LogP contribution in [0.5, 0.6) is 0 Å². The van der Waals surface area contributed by atoms with Crippen molar-refractivity contribution in [3.63, 3.8) is 0 Å². The quantitative estimate of drug-likeness (QED) is 0.612. The molecule has 1 aromatic rings. The zero-order valence-corrected chi connectivity index (χ0v) is 7.18. The van der Waals surface area contributed by atoms with Crippen LogP contribution in [0.25, 0.3) is 0 Å². The zero-order valence-electron chi connectivity index (χ0n) is 6.37. The lowest BCUT2D eigenvalue weighted by atomic mass is 10.4. The molecule has 6 heteroatoms. The van der Waals surface area contributed by atoms with Gasteiger partial charge in [-0.3, -0.25) is 4.79 Å². The molecule has 0 aliphatic carbocycles. The van der Waals surface area contributed by atoms with Crippen molar-refractivity contribution in [1.29, 1.82) is 0 Å². The summed E-state index contributed by atoms with van der Waals surface area (Å²) in [4.78, 5) is 13.0. The summed E-state index contributed by atoms with van der Waals surface area (Å²) in [6.07, 6.45) is 0. The maximum Gasteiger partial charge on any atom is 0.248 e. The molecule has 0 aliphatic heterocycles. The summed E-state index contributed by atoms with van der Waals surface area (Å²) in [6.45, 7) is 1.47. The summed E-state index contributed by atoms with van der Waals surface area (Å²) in [5.74, 6) is 0. The van der Waals surface area contributed by atoms with Crippen LogP contribution in [0, 0.1) is 6.92 Å². The fourth-order valence-electron chi connectivity index (χ4n) is 0.873. The molecular formula is C6H8N2O3S. The van der Waals surface area contributed by atoms with Crippen molar-refractivity contribution < 1.29 is 8.42 Å². The van der Waals surface area contributed by atoms with Crippen molar-refractivity contribution in [3.05, 3.63) is 28.2 Å². The van der Waals surface area contributed by atoms with Gasteiger partial charge in [0.05, 0.1) is 0 Å². The van der Waals surface area contributed by atoms with Crippen molar-refractivity contribution in [3.8, 4) is 0 Å². The van der Waals surface area contributed by atoms with Crippen LogP contribution < -0.4 is 10.7 Å². The highest BCUT2D eigenvalue weighted by molar-refractivity contribution is 7.89. The van der Waals surface area contributed by atoms with E-state index in [-0.39, 0.29) is 16.1 Å². The first-order valence-corrected chi connectivity index (χ1v) is 4.68. The van der Waals surface area contributed by atoms with E-state index < -0.39 is 10.0 Å². The Balaban J connectivity index is 3.49. The topological polar surface area (TPSA) is 93.0 Å². The van der Waals surface area contributed by atoms with E-state index in [1.165, 1.54) is 13.0 Å². The third kappa shape index (κ3) is 1.72. The minimum atomic E-state index is -3.72. The maximum absolute atomic E-state index is 10.8. The number of primary sulfonamides is 1. The van der Waals surface area contributed by atoms with E-state index in [2.05, 4.69) is 4.98 Å². The van der Waals surface area contributed by atoms with Crippen LogP contribution in [0.1, 0.15) is 5.69 Å². The molecule has 3 N–H and O–H groups in total. The van der Waals surface area contributed by atoms with Crippen LogP contribution in [0.15, 0.2) is 21.8 Å². The average molecular weight is 188 g/mol. The summed E-state index contributed by atoms with van der Waals surface area (Å²) in [6, 6.07) is 2.30. The molecule has 0 aliphatic rings. The number of rotatable bonds is 1. The van der Waals surface area contributed by atoms with E-state index >= 15 is 0 Å². The Labute approximate surface area is 69.3 Å². The molecule has 0 saturated carbocycles. The largest absolute Gasteiger partial charge is 0.325 e. The van der Waals surface area contributed by atoms with Gasteiger partial charge in [0.15, 0.2) is 0 Å². The normalized spacial score (nSPS) is 11.5. The summed E-state index contributed by atoms with van der Waals surface area (Å²) >= 11 is 0. The third-order valence-electron chi connectivity index (χ3n) is 1.37. The smallest absolute Gasteiger partial charge is 0.248 e. The van der Waals surface area contributed by atoms with Gasteiger partial charge in [0.25, 0.3) is 0 Å². The highest BCUT2D eigenvalue weighted by Crippen LogP contribution is 2.06. The van der Waals surface area contributed by atoms with E-state index in [1.807, 2.05) is 0 Å². The van der Waals surface area contributed by atoms with E-state index in [4.69, 9.17) is 5.14 Å². The van der Waals surface area contributed by atoms with Gasteiger partial charge in [-0.05, 0) is 13.0 Å². The standard InChI is InChI=1S/C6H8N2O3S/c1-4-5(12(7,10)11)2-3-6(9)8-4/h2-3H,1H3,(H,8,9)(H2,7,10,11). The van der Waals surface area contributed by atoms with E-state index in [9.17, 15) is 13.2 Å². The average Bonchev–Trinajstić information content (AvgIpc) is 1.83. The first-order chi connectivity index (χ1) is 5.41. The monoisotopic (exact) mass is 188 g/mol. The fourth-order valence-corrected chi connectivity index (χ4v) is 1.61. The number of hydrogen-bond acceptors (Lipinski definition) is 3. The summed E-state index contributed by atoms with van der Waals surface area (Å²) in [5, 5.41) is 4.86. The number of aryl methyl sites for hydroxylation is 1.